The molecule has 1 fully saturated rings. The number of nitrogens with zero attached hydrogens (tertiary/aromatic N) is 3. The first-order valence-corrected chi connectivity index (χ1v) is 8.40. The van der Waals surface area contributed by atoms with Crippen molar-refractivity contribution in [3.63, 3.8) is 0 Å². The Hall–Kier alpha value is -1.37. The van der Waals surface area contributed by atoms with E-state index in [9.17, 15) is 4.79 Å². The molecule has 0 aliphatic carbocycles. The molecule has 1 atom stereocenters. The highest BCUT2D eigenvalue weighted by Gasteiger charge is 2.18. The Labute approximate surface area is 161 Å². The largest absolute Gasteiger partial charge is 0.352 e. The van der Waals surface area contributed by atoms with E-state index in [4.69, 9.17) is 0 Å². The standard InChI is InChI=1S/C17H25N5O.2ClH/c1-11(2)22-16-15(10-20-22)14(7-12(3)21-16)17(23)19-9-13-5-4-6-18-8-13;;/h7,10-11,13,18H,4-6,8-9H2,1-3H3,(H,19,23);2*1H. The Bertz CT molecular complexity index is 710. The van der Waals surface area contributed by atoms with Crippen molar-refractivity contribution in [2.75, 3.05) is 19.6 Å². The summed E-state index contributed by atoms with van der Waals surface area (Å²) in [5.41, 5.74) is 2.29. The lowest BCUT2D eigenvalue weighted by Gasteiger charge is -2.22. The van der Waals surface area contributed by atoms with Crippen molar-refractivity contribution in [1.82, 2.24) is 25.4 Å². The third-order valence-electron chi connectivity index (χ3n) is 4.38. The first-order valence-electron chi connectivity index (χ1n) is 8.40. The van der Waals surface area contributed by atoms with Crippen LogP contribution in [0.25, 0.3) is 11.0 Å². The van der Waals surface area contributed by atoms with Gasteiger partial charge in [0, 0.05) is 18.3 Å². The molecule has 3 rings (SSSR count). The van der Waals surface area contributed by atoms with Crippen LogP contribution in [0.4, 0.5) is 0 Å². The number of carbonyl (C=O) groups excluding carboxylic acids is 1. The zero-order valence-electron chi connectivity index (χ0n) is 14.9. The minimum absolute atomic E-state index is 0. The Morgan fingerprint density at radius 3 is 2.84 bits per heavy atom. The van der Waals surface area contributed by atoms with Crippen LogP contribution in [-0.2, 0) is 0 Å². The molecular weight excluding hydrogens is 361 g/mol. The fourth-order valence-corrected chi connectivity index (χ4v) is 3.14. The molecule has 1 aliphatic heterocycles. The van der Waals surface area contributed by atoms with Crippen LogP contribution < -0.4 is 10.6 Å². The van der Waals surface area contributed by atoms with E-state index in [1.807, 2.05) is 17.7 Å². The number of rotatable bonds is 4. The van der Waals surface area contributed by atoms with E-state index in [2.05, 4.69) is 34.6 Å². The highest BCUT2D eigenvalue weighted by atomic mass is 35.5. The molecule has 0 bridgehead atoms. The maximum Gasteiger partial charge on any atom is 0.252 e. The first kappa shape index (κ1) is 21.7. The molecule has 1 amide bonds. The van der Waals surface area contributed by atoms with Gasteiger partial charge in [-0.25, -0.2) is 9.67 Å². The summed E-state index contributed by atoms with van der Waals surface area (Å²) in [5.74, 6) is 0.485. The van der Waals surface area contributed by atoms with Gasteiger partial charge in [-0.1, -0.05) is 0 Å². The zero-order chi connectivity index (χ0) is 16.4. The summed E-state index contributed by atoms with van der Waals surface area (Å²) in [7, 11) is 0. The minimum Gasteiger partial charge on any atom is -0.352 e. The number of aryl methyl sites for hydroxylation is 1. The van der Waals surface area contributed by atoms with Gasteiger partial charge in [-0.3, -0.25) is 4.79 Å². The summed E-state index contributed by atoms with van der Waals surface area (Å²) in [6, 6.07) is 2.06. The average Bonchev–Trinajstić information content (AvgIpc) is 2.96. The van der Waals surface area contributed by atoms with Crippen molar-refractivity contribution in [2.24, 2.45) is 5.92 Å². The van der Waals surface area contributed by atoms with Crippen LogP contribution >= 0.6 is 24.8 Å². The summed E-state index contributed by atoms with van der Waals surface area (Å²) in [6.45, 7) is 8.82. The zero-order valence-corrected chi connectivity index (χ0v) is 16.5. The molecule has 1 aliphatic rings. The topological polar surface area (TPSA) is 71.8 Å². The summed E-state index contributed by atoms with van der Waals surface area (Å²) >= 11 is 0. The van der Waals surface area contributed by atoms with Crippen LogP contribution in [0.3, 0.4) is 0 Å². The molecule has 2 N–H and O–H groups in total. The molecule has 8 heteroatoms. The third-order valence-corrected chi connectivity index (χ3v) is 4.38. The van der Waals surface area contributed by atoms with E-state index < -0.39 is 0 Å². The molecule has 25 heavy (non-hydrogen) atoms. The van der Waals surface area contributed by atoms with E-state index in [1.165, 1.54) is 12.8 Å². The van der Waals surface area contributed by atoms with Gasteiger partial charge in [0.2, 0.25) is 0 Å². The highest BCUT2D eigenvalue weighted by Crippen LogP contribution is 2.21. The van der Waals surface area contributed by atoms with E-state index >= 15 is 0 Å². The number of piperidine rings is 1. The summed E-state index contributed by atoms with van der Waals surface area (Å²) in [4.78, 5) is 17.2. The average molecular weight is 388 g/mol. The number of halogens is 2. The SMILES string of the molecule is Cc1cc(C(=O)NCC2CCCNC2)c2cnn(C(C)C)c2n1.Cl.Cl. The van der Waals surface area contributed by atoms with E-state index in [-0.39, 0.29) is 36.8 Å². The van der Waals surface area contributed by atoms with Crippen molar-refractivity contribution in [2.45, 2.75) is 39.7 Å². The smallest absolute Gasteiger partial charge is 0.252 e. The monoisotopic (exact) mass is 387 g/mol. The second-order valence-corrected chi connectivity index (χ2v) is 6.65. The van der Waals surface area contributed by atoms with Crippen LogP contribution in [0.1, 0.15) is 48.8 Å². The number of hydrogen-bond donors (Lipinski definition) is 2. The van der Waals surface area contributed by atoms with E-state index in [0.717, 1.165) is 29.8 Å². The van der Waals surface area contributed by atoms with Gasteiger partial charge in [0.1, 0.15) is 0 Å². The molecule has 1 saturated heterocycles. The van der Waals surface area contributed by atoms with Crippen molar-refractivity contribution in [3.05, 3.63) is 23.5 Å². The lowest BCUT2D eigenvalue weighted by atomic mass is 9.99. The van der Waals surface area contributed by atoms with Crippen molar-refractivity contribution in [3.8, 4) is 0 Å². The van der Waals surface area contributed by atoms with Gasteiger partial charge in [0.05, 0.1) is 17.1 Å². The Balaban J connectivity index is 0.00000156. The van der Waals surface area contributed by atoms with Crippen molar-refractivity contribution in [1.29, 1.82) is 0 Å². The summed E-state index contributed by atoms with van der Waals surface area (Å²) < 4.78 is 1.87. The maximum atomic E-state index is 12.6. The molecule has 0 saturated carbocycles. The Morgan fingerprint density at radius 1 is 1.44 bits per heavy atom. The van der Waals surface area contributed by atoms with Crippen molar-refractivity contribution < 1.29 is 4.79 Å². The van der Waals surface area contributed by atoms with Gasteiger partial charge in [0.15, 0.2) is 5.65 Å². The van der Waals surface area contributed by atoms with Crippen LogP contribution in [0.15, 0.2) is 12.3 Å². The number of pyridine rings is 1. The Kier molecular flexibility index (Phi) is 8.12. The maximum absolute atomic E-state index is 12.6. The van der Waals surface area contributed by atoms with E-state index in [0.29, 0.717) is 18.0 Å². The number of amides is 1. The highest BCUT2D eigenvalue weighted by molar-refractivity contribution is 6.05. The molecular formula is C17H27Cl2N5O. The van der Waals surface area contributed by atoms with E-state index in [1.54, 1.807) is 6.20 Å². The lowest BCUT2D eigenvalue weighted by Crippen LogP contribution is -2.38. The molecule has 1 unspecified atom stereocenters. The van der Waals surface area contributed by atoms with Gasteiger partial charge < -0.3 is 10.6 Å². The predicted octanol–water partition coefficient (Wildman–Crippen LogP) is 2.89. The number of carbonyl (C=O) groups is 1. The second-order valence-electron chi connectivity index (χ2n) is 6.65. The second kappa shape index (κ2) is 9.36. The number of aromatic nitrogens is 3. The Morgan fingerprint density at radius 2 is 2.20 bits per heavy atom. The molecule has 0 spiro atoms. The van der Waals surface area contributed by atoms with Gasteiger partial charge in [0.25, 0.3) is 5.91 Å². The van der Waals surface area contributed by atoms with Gasteiger partial charge >= 0.3 is 0 Å². The molecule has 140 valence electrons. The van der Waals surface area contributed by atoms with Gasteiger partial charge in [-0.05, 0) is 58.7 Å². The van der Waals surface area contributed by atoms with Crippen LogP contribution in [0.2, 0.25) is 0 Å². The molecule has 3 heterocycles. The summed E-state index contributed by atoms with van der Waals surface area (Å²) in [5, 5.41) is 11.7. The van der Waals surface area contributed by atoms with Crippen molar-refractivity contribution >= 4 is 41.8 Å². The fourth-order valence-electron chi connectivity index (χ4n) is 3.14. The minimum atomic E-state index is -0.0330. The number of fused-ring (bicyclic) bond motifs is 1. The summed E-state index contributed by atoms with van der Waals surface area (Å²) in [6.07, 6.45) is 4.10. The van der Waals surface area contributed by atoms with Gasteiger partial charge in [-0.2, -0.15) is 5.10 Å². The third kappa shape index (κ3) is 4.84. The fraction of sp³-hybridized carbons (Fsp3) is 0.588. The molecule has 0 radical (unpaired) electrons. The van der Waals surface area contributed by atoms with Crippen LogP contribution in [0, 0.1) is 12.8 Å². The molecule has 6 nitrogen and oxygen atoms in total. The predicted molar refractivity (Wildman–Crippen MR) is 105 cm³/mol. The normalized spacial score (nSPS) is 17.0. The first-order chi connectivity index (χ1) is 11.1. The quantitative estimate of drug-likeness (QED) is 0.845. The van der Waals surface area contributed by atoms with Crippen LogP contribution in [0.5, 0.6) is 0 Å². The molecule has 2 aromatic heterocycles. The molecule has 0 aromatic carbocycles. The van der Waals surface area contributed by atoms with Crippen LogP contribution in [-0.4, -0.2) is 40.3 Å². The molecule has 2 aromatic rings. The number of hydrogen-bond acceptors (Lipinski definition) is 4. The lowest BCUT2D eigenvalue weighted by molar-refractivity contribution is 0.0946. The number of nitrogens with one attached hydrogen (secondary N) is 2. The van der Waals surface area contributed by atoms with Gasteiger partial charge in [-0.15, -0.1) is 24.8 Å².